The first kappa shape index (κ1) is 17.3. The Kier molecular flexibility index (Phi) is 5.07. The molecule has 2 heterocycles. The van der Waals surface area contributed by atoms with Crippen LogP contribution in [0, 0.1) is 5.92 Å². The Bertz CT molecular complexity index is 738. The van der Waals surface area contributed by atoms with E-state index < -0.39 is 0 Å². The molecule has 2 aliphatic rings. The number of benzene rings is 2. The number of carbonyl (C=O) groups excluding carboxylic acids is 1. The first-order valence-electron chi connectivity index (χ1n) is 10.00. The van der Waals surface area contributed by atoms with Crippen LogP contribution in [0.5, 0.6) is 0 Å². The fourth-order valence-electron chi connectivity index (χ4n) is 4.32. The van der Waals surface area contributed by atoms with Crippen LogP contribution in [-0.2, 0) is 17.6 Å². The van der Waals surface area contributed by atoms with E-state index in [1.165, 1.54) is 24.0 Å². The van der Waals surface area contributed by atoms with E-state index in [2.05, 4.69) is 60.4 Å². The Hall–Kier alpha value is -2.13. The molecular formula is C23H28N2O. The summed E-state index contributed by atoms with van der Waals surface area (Å²) in [6.45, 7) is 5.30. The lowest BCUT2D eigenvalue weighted by Gasteiger charge is -2.27. The van der Waals surface area contributed by atoms with Gasteiger partial charge in [0.15, 0.2) is 0 Å². The summed E-state index contributed by atoms with van der Waals surface area (Å²) in [6.07, 6.45) is 5.39. The first-order valence-corrected chi connectivity index (χ1v) is 10.00. The van der Waals surface area contributed by atoms with E-state index in [4.69, 9.17) is 0 Å². The summed E-state index contributed by atoms with van der Waals surface area (Å²) in [6, 6.07) is 16.8. The Labute approximate surface area is 156 Å². The second kappa shape index (κ2) is 7.63. The van der Waals surface area contributed by atoms with Gasteiger partial charge in [0, 0.05) is 6.54 Å². The number of fused-ring (bicyclic) bond motifs is 2. The molecule has 2 aliphatic heterocycles. The number of anilines is 2. The maximum absolute atomic E-state index is 13.6. The summed E-state index contributed by atoms with van der Waals surface area (Å²) >= 11 is 0. The molecule has 3 heteroatoms. The molecule has 1 atom stereocenters. The summed E-state index contributed by atoms with van der Waals surface area (Å²) in [4.78, 5) is 18.1. The summed E-state index contributed by atoms with van der Waals surface area (Å²) < 4.78 is 0. The van der Waals surface area contributed by atoms with Crippen LogP contribution in [0.1, 0.15) is 37.3 Å². The van der Waals surface area contributed by atoms with Gasteiger partial charge in [-0.1, -0.05) is 49.7 Å². The smallest absolute Gasteiger partial charge is 0.236 e. The maximum Gasteiger partial charge on any atom is 0.236 e. The van der Waals surface area contributed by atoms with Crippen LogP contribution in [-0.4, -0.2) is 30.4 Å². The average Bonchev–Trinajstić information content (AvgIpc) is 3.08. The van der Waals surface area contributed by atoms with E-state index in [0.29, 0.717) is 0 Å². The van der Waals surface area contributed by atoms with Crippen molar-refractivity contribution in [1.29, 1.82) is 0 Å². The van der Waals surface area contributed by atoms with Gasteiger partial charge in [-0.3, -0.25) is 9.69 Å². The lowest BCUT2D eigenvalue weighted by atomic mass is 10.0. The van der Waals surface area contributed by atoms with E-state index in [1.54, 1.807) is 0 Å². The van der Waals surface area contributed by atoms with Gasteiger partial charge in [0.2, 0.25) is 5.91 Å². The lowest BCUT2D eigenvalue weighted by molar-refractivity contribution is -0.121. The van der Waals surface area contributed by atoms with Crippen molar-refractivity contribution in [3.63, 3.8) is 0 Å². The predicted octanol–water partition coefficient (Wildman–Crippen LogP) is 4.57. The second-order valence-electron chi connectivity index (χ2n) is 7.57. The van der Waals surface area contributed by atoms with Crippen LogP contribution in [0.25, 0.3) is 0 Å². The van der Waals surface area contributed by atoms with Crippen molar-refractivity contribution < 1.29 is 4.79 Å². The monoisotopic (exact) mass is 348 g/mol. The molecule has 0 radical (unpaired) electrons. The number of hydrogen-bond donors (Lipinski definition) is 0. The third kappa shape index (κ3) is 3.28. The van der Waals surface area contributed by atoms with Crippen molar-refractivity contribution in [2.75, 3.05) is 24.5 Å². The van der Waals surface area contributed by atoms with Gasteiger partial charge in [0.05, 0.1) is 17.3 Å². The Morgan fingerprint density at radius 2 is 1.62 bits per heavy atom. The van der Waals surface area contributed by atoms with E-state index in [1.807, 2.05) is 4.90 Å². The van der Waals surface area contributed by atoms with Gasteiger partial charge >= 0.3 is 0 Å². The number of likely N-dealkylation sites (tertiary alicyclic amines) is 1. The molecular weight excluding hydrogens is 320 g/mol. The van der Waals surface area contributed by atoms with Crippen molar-refractivity contribution in [3.05, 3.63) is 59.7 Å². The summed E-state index contributed by atoms with van der Waals surface area (Å²) in [5, 5.41) is 0. The highest BCUT2D eigenvalue weighted by atomic mass is 16.2. The zero-order valence-corrected chi connectivity index (χ0v) is 15.7. The molecule has 0 bridgehead atoms. The van der Waals surface area contributed by atoms with Gasteiger partial charge in [-0.05, 0) is 62.0 Å². The highest BCUT2D eigenvalue weighted by molar-refractivity contribution is 6.03. The van der Waals surface area contributed by atoms with Crippen molar-refractivity contribution in [2.24, 2.45) is 5.92 Å². The van der Waals surface area contributed by atoms with Gasteiger partial charge in [-0.15, -0.1) is 0 Å². The highest BCUT2D eigenvalue weighted by Crippen LogP contribution is 2.38. The lowest BCUT2D eigenvalue weighted by Crippen LogP contribution is -2.35. The molecule has 1 amide bonds. The van der Waals surface area contributed by atoms with Crippen molar-refractivity contribution in [2.45, 2.75) is 39.0 Å². The molecule has 2 aromatic carbocycles. The van der Waals surface area contributed by atoms with E-state index in [9.17, 15) is 4.79 Å². The van der Waals surface area contributed by atoms with Crippen molar-refractivity contribution in [1.82, 2.24) is 4.90 Å². The predicted molar refractivity (Wildman–Crippen MR) is 107 cm³/mol. The highest BCUT2D eigenvalue weighted by Gasteiger charge is 2.34. The zero-order chi connectivity index (χ0) is 17.9. The molecule has 0 aliphatic carbocycles. The molecule has 4 rings (SSSR count). The van der Waals surface area contributed by atoms with Crippen molar-refractivity contribution >= 4 is 17.3 Å². The van der Waals surface area contributed by atoms with Crippen LogP contribution in [0.15, 0.2) is 48.5 Å². The zero-order valence-electron chi connectivity index (χ0n) is 15.7. The molecule has 26 heavy (non-hydrogen) atoms. The van der Waals surface area contributed by atoms with E-state index >= 15 is 0 Å². The third-order valence-corrected chi connectivity index (χ3v) is 5.80. The quantitative estimate of drug-likeness (QED) is 0.808. The number of carbonyl (C=O) groups is 1. The summed E-state index contributed by atoms with van der Waals surface area (Å²) in [5.41, 5.74) is 4.71. The minimum Gasteiger partial charge on any atom is -0.303 e. The topological polar surface area (TPSA) is 23.6 Å². The molecule has 1 saturated heterocycles. The minimum absolute atomic E-state index is 0.103. The maximum atomic E-state index is 13.6. The molecule has 2 aromatic rings. The van der Waals surface area contributed by atoms with Gasteiger partial charge in [-0.25, -0.2) is 0 Å². The summed E-state index contributed by atoms with van der Waals surface area (Å²) in [7, 11) is 0. The minimum atomic E-state index is 0.103. The molecule has 0 N–H and O–H groups in total. The van der Waals surface area contributed by atoms with Gasteiger partial charge in [0.25, 0.3) is 0 Å². The Balaban J connectivity index is 1.66. The first-order chi connectivity index (χ1) is 12.8. The van der Waals surface area contributed by atoms with Crippen LogP contribution < -0.4 is 4.90 Å². The molecule has 0 aromatic heterocycles. The largest absolute Gasteiger partial charge is 0.303 e. The fourth-order valence-corrected chi connectivity index (χ4v) is 4.32. The fraction of sp³-hybridized carbons (Fsp3) is 0.435. The number of nitrogens with zero attached hydrogens (tertiary/aromatic N) is 2. The van der Waals surface area contributed by atoms with Crippen LogP contribution >= 0.6 is 0 Å². The van der Waals surface area contributed by atoms with Crippen molar-refractivity contribution in [3.8, 4) is 0 Å². The summed E-state index contributed by atoms with van der Waals surface area (Å²) in [5.74, 6) is 0.372. The molecule has 0 spiro atoms. The SMILES string of the molecule is CCCCN1CCC(C(=O)N2c3ccccc3CCc3ccccc32)C1. The standard InChI is InChI=1S/C23H28N2O/c1-2-3-15-24-16-14-20(17-24)23(26)25-21-10-6-4-8-18(21)12-13-19-9-5-7-11-22(19)25/h4-11,20H,2-3,12-17H2,1H3. The third-order valence-electron chi connectivity index (χ3n) is 5.80. The van der Waals surface area contributed by atoms with E-state index in [0.717, 1.165) is 50.3 Å². The molecule has 0 saturated carbocycles. The van der Waals surface area contributed by atoms with E-state index in [-0.39, 0.29) is 11.8 Å². The van der Waals surface area contributed by atoms with Gasteiger partial charge in [0.1, 0.15) is 0 Å². The number of hydrogen-bond acceptors (Lipinski definition) is 2. The van der Waals surface area contributed by atoms with Crippen LogP contribution in [0.4, 0.5) is 11.4 Å². The van der Waals surface area contributed by atoms with Crippen LogP contribution in [0.3, 0.4) is 0 Å². The Morgan fingerprint density at radius 3 is 2.23 bits per heavy atom. The number of aryl methyl sites for hydroxylation is 2. The molecule has 1 fully saturated rings. The van der Waals surface area contributed by atoms with Crippen LogP contribution in [0.2, 0.25) is 0 Å². The van der Waals surface area contributed by atoms with Gasteiger partial charge < -0.3 is 4.90 Å². The number of para-hydroxylation sites is 2. The number of unbranched alkanes of at least 4 members (excludes halogenated alkanes) is 1. The van der Waals surface area contributed by atoms with Gasteiger partial charge in [-0.2, -0.15) is 0 Å². The Morgan fingerprint density at radius 1 is 1.00 bits per heavy atom. The molecule has 1 unspecified atom stereocenters. The normalized spacial score (nSPS) is 19.7. The second-order valence-corrected chi connectivity index (χ2v) is 7.57. The number of amides is 1. The number of rotatable bonds is 4. The average molecular weight is 348 g/mol. The molecule has 136 valence electrons. The molecule has 3 nitrogen and oxygen atoms in total.